The largest absolute Gasteiger partial charge is 0.497 e. The molecule has 0 aromatic heterocycles. The fraction of sp³-hybridized carbons (Fsp3) is 0.355. The average Bonchev–Trinajstić information content (AvgIpc) is 2.98. The van der Waals surface area contributed by atoms with Crippen molar-refractivity contribution in [3.8, 4) is 11.5 Å². The van der Waals surface area contributed by atoms with Gasteiger partial charge in [-0.2, -0.15) is 0 Å². The number of rotatable bonds is 14. The Balaban J connectivity index is 2.13. The number of hydrogen-bond acceptors (Lipinski definition) is 6. The normalized spacial score (nSPS) is 11.9. The summed E-state index contributed by atoms with van der Waals surface area (Å²) in [5, 5.41) is 3.14. The number of hydrogen-bond donors (Lipinski definition) is 1. The summed E-state index contributed by atoms with van der Waals surface area (Å²) >= 11 is 6.30. The molecule has 1 N–H and O–H groups in total. The van der Waals surface area contributed by atoms with E-state index in [9.17, 15) is 18.0 Å². The zero-order chi connectivity index (χ0) is 30.9. The highest BCUT2D eigenvalue weighted by atomic mass is 35.5. The van der Waals surface area contributed by atoms with Crippen molar-refractivity contribution >= 4 is 39.1 Å². The van der Waals surface area contributed by atoms with E-state index in [4.69, 9.17) is 21.1 Å². The first-order valence-corrected chi connectivity index (χ1v) is 15.5. The Kier molecular flexibility index (Phi) is 11.6. The number of nitrogens with one attached hydrogen (secondary N) is 1. The quantitative estimate of drug-likeness (QED) is 0.267. The Labute approximate surface area is 253 Å². The number of anilines is 1. The van der Waals surface area contributed by atoms with Crippen molar-refractivity contribution in [3.05, 3.63) is 82.9 Å². The van der Waals surface area contributed by atoms with Crippen molar-refractivity contribution in [1.29, 1.82) is 0 Å². The van der Waals surface area contributed by atoms with Crippen molar-refractivity contribution in [1.82, 2.24) is 10.2 Å². The third-order valence-electron chi connectivity index (χ3n) is 6.72. The van der Waals surface area contributed by atoms with E-state index in [1.165, 1.54) is 30.2 Å². The number of sulfonamides is 1. The zero-order valence-electron chi connectivity index (χ0n) is 24.6. The molecule has 0 radical (unpaired) electrons. The minimum atomic E-state index is -4.27. The summed E-state index contributed by atoms with van der Waals surface area (Å²) in [6.45, 7) is 5.50. The van der Waals surface area contributed by atoms with Crippen molar-refractivity contribution in [2.75, 3.05) is 31.6 Å². The van der Waals surface area contributed by atoms with Gasteiger partial charge in [0.25, 0.3) is 10.0 Å². The van der Waals surface area contributed by atoms with E-state index in [1.54, 1.807) is 49.6 Å². The molecule has 3 aromatic rings. The molecular weight excluding hydrogens is 578 g/mol. The maximum Gasteiger partial charge on any atom is 0.264 e. The SMILES string of the molecule is CCCNC(=O)C(CC)N(Cc1cccc(OC)c1)C(=O)CN(c1cc(Cl)ccc1OC)S(=O)(=O)c1ccc(C)cc1. The zero-order valence-corrected chi connectivity index (χ0v) is 26.2. The summed E-state index contributed by atoms with van der Waals surface area (Å²) < 4.78 is 40.0. The summed E-state index contributed by atoms with van der Waals surface area (Å²) in [5.41, 5.74) is 1.70. The topological polar surface area (TPSA) is 105 Å². The van der Waals surface area contributed by atoms with Gasteiger partial charge in [0.05, 0.1) is 24.8 Å². The van der Waals surface area contributed by atoms with Gasteiger partial charge in [-0.3, -0.25) is 13.9 Å². The molecule has 0 aliphatic carbocycles. The molecule has 0 aliphatic rings. The Morgan fingerprint density at radius 3 is 2.31 bits per heavy atom. The molecule has 3 aromatic carbocycles. The van der Waals surface area contributed by atoms with Crippen LogP contribution in [0.2, 0.25) is 5.02 Å². The second kappa shape index (κ2) is 14.9. The van der Waals surface area contributed by atoms with Crippen molar-refractivity contribution in [2.45, 2.75) is 51.1 Å². The number of amides is 2. The van der Waals surface area contributed by atoms with E-state index in [1.807, 2.05) is 26.8 Å². The van der Waals surface area contributed by atoms with Crippen LogP contribution in [0, 0.1) is 6.92 Å². The molecule has 0 spiro atoms. The first kappa shape index (κ1) is 32.8. The van der Waals surface area contributed by atoms with Crippen LogP contribution < -0.4 is 19.1 Å². The number of ether oxygens (including phenoxy) is 2. The van der Waals surface area contributed by atoms with E-state index >= 15 is 0 Å². The molecule has 0 heterocycles. The fourth-order valence-corrected chi connectivity index (χ4v) is 6.04. The Hall–Kier alpha value is -3.76. The van der Waals surface area contributed by atoms with Crippen LogP contribution in [0.5, 0.6) is 11.5 Å². The lowest BCUT2D eigenvalue weighted by atomic mass is 10.1. The van der Waals surface area contributed by atoms with Crippen LogP contribution in [0.3, 0.4) is 0 Å². The van der Waals surface area contributed by atoms with Gasteiger partial charge in [-0.25, -0.2) is 8.42 Å². The highest BCUT2D eigenvalue weighted by Crippen LogP contribution is 2.35. The van der Waals surface area contributed by atoms with Gasteiger partial charge in [-0.15, -0.1) is 0 Å². The maximum absolute atomic E-state index is 14.2. The Morgan fingerprint density at radius 1 is 0.976 bits per heavy atom. The van der Waals surface area contributed by atoms with Gasteiger partial charge in [-0.1, -0.05) is 55.3 Å². The fourth-order valence-electron chi connectivity index (χ4n) is 4.46. The summed E-state index contributed by atoms with van der Waals surface area (Å²) in [5.74, 6) is -0.0801. The number of benzene rings is 3. The average molecular weight is 616 g/mol. The molecule has 0 bridgehead atoms. The van der Waals surface area contributed by atoms with E-state index < -0.39 is 28.5 Å². The van der Waals surface area contributed by atoms with Gasteiger partial charge in [0.15, 0.2) is 0 Å². The lowest BCUT2D eigenvalue weighted by molar-refractivity contribution is -0.140. The van der Waals surface area contributed by atoms with E-state index in [0.29, 0.717) is 18.7 Å². The molecule has 0 fully saturated rings. The van der Waals surface area contributed by atoms with E-state index in [2.05, 4.69) is 5.32 Å². The molecule has 2 amide bonds. The molecule has 1 unspecified atom stereocenters. The van der Waals surface area contributed by atoms with Crippen LogP contribution >= 0.6 is 11.6 Å². The third-order valence-corrected chi connectivity index (χ3v) is 8.73. The number of halogens is 1. The van der Waals surface area contributed by atoms with Gasteiger partial charge in [0, 0.05) is 18.1 Å². The number of methoxy groups -OCH3 is 2. The number of carbonyl (C=O) groups is 2. The van der Waals surface area contributed by atoms with Gasteiger partial charge in [-0.05, 0) is 67.8 Å². The summed E-state index contributed by atoms with van der Waals surface area (Å²) in [6.07, 6.45) is 1.04. The van der Waals surface area contributed by atoms with Crippen LogP contribution in [-0.4, -0.2) is 58.5 Å². The lowest BCUT2D eigenvalue weighted by Gasteiger charge is -2.33. The summed E-state index contributed by atoms with van der Waals surface area (Å²) in [7, 11) is -1.32. The molecule has 0 saturated heterocycles. The highest BCUT2D eigenvalue weighted by molar-refractivity contribution is 7.92. The molecular formula is C31H38ClN3O6S. The Bertz CT molecular complexity index is 1480. The minimum Gasteiger partial charge on any atom is -0.497 e. The van der Waals surface area contributed by atoms with Gasteiger partial charge < -0.3 is 19.7 Å². The molecule has 42 heavy (non-hydrogen) atoms. The predicted octanol–water partition coefficient (Wildman–Crippen LogP) is 5.19. The van der Waals surface area contributed by atoms with Gasteiger partial charge >= 0.3 is 0 Å². The van der Waals surface area contributed by atoms with Crippen LogP contribution in [-0.2, 0) is 26.2 Å². The highest BCUT2D eigenvalue weighted by Gasteiger charge is 2.35. The molecule has 1 atom stereocenters. The summed E-state index contributed by atoms with van der Waals surface area (Å²) in [4.78, 5) is 28.9. The van der Waals surface area contributed by atoms with Crippen LogP contribution in [0.4, 0.5) is 5.69 Å². The standard InChI is InChI=1S/C31H38ClN3O6S/c1-6-17-33-31(37)27(7-2)34(20-23-9-8-10-25(18-23)40-4)30(36)21-35(28-19-24(32)13-16-29(28)41-5)42(38,39)26-14-11-22(3)12-15-26/h8-16,18-19,27H,6-7,17,20-21H2,1-5H3,(H,33,37). The Morgan fingerprint density at radius 2 is 1.69 bits per heavy atom. The molecule has 9 nitrogen and oxygen atoms in total. The van der Waals surface area contributed by atoms with E-state index in [-0.39, 0.29) is 33.8 Å². The number of nitrogens with zero attached hydrogens (tertiary/aromatic N) is 2. The molecule has 11 heteroatoms. The van der Waals surface area contributed by atoms with Gasteiger partial charge in [0.1, 0.15) is 24.1 Å². The second-order valence-corrected chi connectivity index (χ2v) is 12.0. The van der Waals surface area contributed by atoms with Crippen LogP contribution in [0.25, 0.3) is 0 Å². The van der Waals surface area contributed by atoms with Crippen molar-refractivity contribution in [2.24, 2.45) is 0 Å². The second-order valence-electron chi connectivity index (χ2n) is 9.73. The summed E-state index contributed by atoms with van der Waals surface area (Å²) in [6, 6.07) is 17.2. The smallest absolute Gasteiger partial charge is 0.264 e. The lowest BCUT2D eigenvalue weighted by Crippen LogP contribution is -2.52. The maximum atomic E-state index is 14.2. The number of carbonyl (C=O) groups excluding carboxylic acids is 2. The van der Waals surface area contributed by atoms with Crippen molar-refractivity contribution in [3.63, 3.8) is 0 Å². The number of aryl methyl sites for hydroxylation is 1. The van der Waals surface area contributed by atoms with Crippen LogP contribution in [0.1, 0.15) is 37.8 Å². The van der Waals surface area contributed by atoms with Gasteiger partial charge in [0.2, 0.25) is 11.8 Å². The molecule has 0 saturated carbocycles. The minimum absolute atomic E-state index is 0.00463. The molecule has 226 valence electrons. The molecule has 3 rings (SSSR count). The van der Waals surface area contributed by atoms with E-state index in [0.717, 1.165) is 21.9 Å². The third kappa shape index (κ3) is 7.95. The first-order valence-electron chi connectivity index (χ1n) is 13.7. The van der Waals surface area contributed by atoms with Crippen LogP contribution in [0.15, 0.2) is 71.6 Å². The predicted molar refractivity (Wildman–Crippen MR) is 165 cm³/mol. The monoisotopic (exact) mass is 615 g/mol. The molecule has 0 aliphatic heterocycles. The first-order chi connectivity index (χ1) is 20.0. The van der Waals surface area contributed by atoms with Crippen molar-refractivity contribution < 1.29 is 27.5 Å².